The standard InChI is InChI=1S/C14H25N3O3/c1-11-9-16-8-4-5-12(16)10-17(11)14(20)15-7-3-2-6-13(18)19/h11-12H,2-10H2,1H3,(H,15,20)(H,18,19). The number of urea groups is 1. The van der Waals surface area contributed by atoms with Gasteiger partial charge >= 0.3 is 12.0 Å². The Kier molecular flexibility index (Phi) is 5.23. The van der Waals surface area contributed by atoms with E-state index in [1.807, 2.05) is 4.90 Å². The first-order valence-electron chi connectivity index (χ1n) is 7.58. The molecule has 0 bridgehead atoms. The van der Waals surface area contributed by atoms with E-state index in [0.717, 1.165) is 19.5 Å². The summed E-state index contributed by atoms with van der Waals surface area (Å²) in [6.07, 6.45) is 3.93. The normalized spacial score (nSPS) is 26.4. The van der Waals surface area contributed by atoms with Crippen molar-refractivity contribution in [2.24, 2.45) is 0 Å². The van der Waals surface area contributed by atoms with Gasteiger partial charge in [-0.3, -0.25) is 9.69 Å². The molecule has 2 aliphatic rings. The van der Waals surface area contributed by atoms with Gasteiger partial charge in [-0.1, -0.05) is 0 Å². The fourth-order valence-electron chi connectivity index (χ4n) is 3.17. The molecule has 114 valence electrons. The third-order valence-electron chi connectivity index (χ3n) is 4.29. The minimum atomic E-state index is -0.776. The minimum Gasteiger partial charge on any atom is -0.481 e. The van der Waals surface area contributed by atoms with Gasteiger partial charge in [-0.25, -0.2) is 4.79 Å². The number of carbonyl (C=O) groups is 2. The Labute approximate surface area is 120 Å². The molecule has 0 radical (unpaired) electrons. The van der Waals surface area contributed by atoms with Crippen molar-refractivity contribution in [3.63, 3.8) is 0 Å². The molecule has 6 nitrogen and oxygen atoms in total. The number of hydrogen-bond donors (Lipinski definition) is 2. The molecule has 0 aliphatic carbocycles. The third kappa shape index (κ3) is 3.85. The number of hydrogen-bond acceptors (Lipinski definition) is 3. The summed E-state index contributed by atoms with van der Waals surface area (Å²) in [6, 6.07) is 0.784. The smallest absolute Gasteiger partial charge is 0.317 e. The van der Waals surface area contributed by atoms with E-state index in [1.165, 1.54) is 19.4 Å². The molecule has 0 aromatic carbocycles. The van der Waals surface area contributed by atoms with E-state index in [-0.39, 0.29) is 18.5 Å². The molecule has 2 aliphatic heterocycles. The van der Waals surface area contributed by atoms with Crippen LogP contribution in [0.4, 0.5) is 4.79 Å². The SMILES string of the molecule is CC1CN2CCCC2CN1C(=O)NCCCCC(=O)O. The molecule has 2 atom stereocenters. The predicted octanol–water partition coefficient (Wildman–Crippen LogP) is 1.12. The van der Waals surface area contributed by atoms with Crippen LogP contribution in [0, 0.1) is 0 Å². The first-order valence-corrected chi connectivity index (χ1v) is 7.58. The largest absolute Gasteiger partial charge is 0.481 e. The van der Waals surface area contributed by atoms with Gasteiger partial charge in [0.15, 0.2) is 0 Å². The summed E-state index contributed by atoms with van der Waals surface area (Å²) < 4.78 is 0. The highest BCUT2D eigenvalue weighted by molar-refractivity contribution is 5.74. The fraction of sp³-hybridized carbons (Fsp3) is 0.857. The Morgan fingerprint density at radius 2 is 2.10 bits per heavy atom. The monoisotopic (exact) mass is 283 g/mol. The predicted molar refractivity (Wildman–Crippen MR) is 75.6 cm³/mol. The summed E-state index contributed by atoms with van der Waals surface area (Å²) in [5, 5.41) is 11.5. The van der Waals surface area contributed by atoms with Crippen molar-refractivity contribution in [3.05, 3.63) is 0 Å². The zero-order chi connectivity index (χ0) is 14.5. The van der Waals surface area contributed by atoms with E-state index >= 15 is 0 Å². The van der Waals surface area contributed by atoms with E-state index in [1.54, 1.807) is 0 Å². The average Bonchev–Trinajstić information content (AvgIpc) is 2.83. The molecule has 0 aromatic heterocycles. The number of carboxylic acid groups (broad SMARTS) is 1. The van der Waals surface area contributed by atoms with Crippen LogP contribution in [0.25, 0.3) is 0 Å². The topological polar surface area (TPSA) is 72.9 Å². The first-order chi connectivity index (χ1) is 9.58. The van der Waals surface area contributed by atoms with Crippen LogP contribution in [0.15, 0.2) is 0 Å². The zero-order valence-corrected chi connectivity index (χ0v) is 12.2. The number of carboxylic acids is 1. The van der Waals surface area contributed by atoms with Crippen LogP contribution in [0.1, 0.15) is 39.0 Å². The highest BCUT2D eigenvalue weighted by Crippen LogP contribution is 2.24. The molecule has 2 rings (SSSR count). The molecular formula is C14H25N3O3. The van der Waals surface area contributed by atoms with E-state index < -0.39 is 5.97 Å². The van der Waals surface area contributed by atoms with Crippen molar-refractivity contribution in [2.75, 3.05) is 26.2 Å². The molecule has 2 amide bonds. The van der Waals surface area contributed by atoms with Crippen molar-refractivity contribution in [3.8, 4) is 0 Å². The Hall–Kier alpha value is -1.30. The van der Waals surface area contributed by atoms with Crippen molar-refractivity contribution < 1.29 is 14.7 Å². The van der Waals surface area contributed by atoms with Gasteiger partial charge in [-0.15, -0.1) is 0 Å². The van der Waals surface area contributed by atoms with Gasteiger partial charge in [-0.05, 0) is 39.2 Å². The lowest BCUT2D eigenvalue weighted by molar-refractivity contribution is -0.137. The number of unbranched alkanes of at least 4 members (excludes halogenated alkanes) is 1. The van der Waals surface area contributed by atoms with Crippen LogP contribution in [0.3, 0.4) is 0 Å². The average molecular weight is 283 g/mol. The van der Waals surface area contributed by atoms with Gasteiger partial charge in [0.1, 0.15) is 0 Å². The van der Waals surface area contributed by atoms with Crippen molar-refractivity contribution >= 4 is 12.0 Å². The number of fused-ring (bicyclic) bond motifs is 1. The lowest BCUT2D eigenvalue weighted by atomic mass is 10.1. The van der Waals surface area contributed by atoms with E-state index in [0.29, 0.717) is 19.0 Å². The number of nitrogens with one attached hydrogen (secondary N) is 1. The van der Waals surface area contributed by atoms with Gasteiger partial charge in [0, 0.05) is 38.1 Å². The summed E-state index contributed by atoms with van der Waals surface area (Å²) in [6.45, 7) is 5.61. The van der Waals surface area contributed by atoms with Crippen molar-refractivity contribution in [1.82, 2.24) is 15.1 Å². The number of nitrogens with zero attached hydrogens (tertiary/aromatic N) is 2. The highest BCUT2D eigenvalue weighted by atomic mass is 16.4. The zero-order valence-electron chi connectivity index (χ0n) is 12.2. The summed E-state index contributed by atoms with van der Waals surface area (Å²) in [5.74, 6) is -0.776. The van der Waals surface area contributed by atoms with Crippen LogP contribution >= 0.6 is 0 Å². The number of amides is 2. The van der Waals surface area contributed by atoms with Gasteiger partial charge in [0.25, 0.3) is 0 Å². The van der Waals surface area contributed by atoms with Crippen molar-refractivity contribution in [1.29, 1.82) is 0 Å². The van der Waals surface area contributed by atoms with Crippen LogP contribution in [0.5, 0.6) is 0 Å². The number of piperazine rings is 1. The lowest BCUT2D eigenvalue weighted by Crippen LogP contribution is -2.58. The number of aliphatic carboxylic acids is 1. The summed E-state index contributed by atoms with van der Waals surface area (Å²) in [5.41, 5.74) is 0. The molecule has 2 N–H and O–H groups in total. The summed E-state index contributed by atoms with van der Waals surface area (Å²) in [4.78, 5) is 27.0. The lowest BCUT2D eigenvalue weighted by Gasteiger charge is -2.42. The molecular weight excluding hydrogens is 258 g/mol. The maximum Gasteiger partial charge on any atom is 0.317 e. The molecule has 6 heteroatoms. The van der Waals surface area contributed by atoms with Crippen LogP contribution in [0.2, 0.25) is 0 Å². The molecule has 0 saturated carbocycles. The molecule has 0 aromatic rings. The fourth-order valence-corrected chi connectivity index (χ4v) is 3.17. The van der Waals surface area contributed by atoms with Gasteiger partial charge < -0.3 is 15.3 Å². The van der Waals surface area contributed by atoms with Crippen molar-refractivity contribution in [2.45, 2.75) is 51.1 Å². The van der Waals surface area contributed by atoms with E-state index in [2.05, 4.69) is 17.1 Å². The molecule has 0 spiro atoms. The molecule has 20 heavy (non-hydrogen) atoms. The van der Waals surface area contributed by atoms with Gasteiger partial charge in [-0.2, -0.15) is 0 Å². The number of carbonyl (C=O) groups excluding carboxylic acids is 1. The van der Waals surface area contributed by atoms with Gasteiger partial charge in [0.2, 0.25) is 0 Å². The second-order valence-electron chi connectivity index (χ2n) is 5.88. The molecule has 2 heterocycles. The third-order valence-corrected chi connectivity index (χ3v) is 4.29. The van der Waals surface area contributed by atoms with E-state index in [9.17, 15) is 9.59 Å². The van der Waals surface area contributed by atoms with Crippen LogP contribution < -0.4 is 5.32 Å². The Balaban J connectivity index is 1.70. The van der Waals surface area contributed by atoms with Gasteiger partial charge in [0.05, 0.1) is 0 Å². The highest BCUT2D eigenvalue weighted by Gasteiger charge is 2.36. The van der Waals surface area contributed by atoms with Crippen LogP contribution in [-0.4, -0.2) is 65.2 Å². The number of rotatable bonds is 5. The summed E-state index contributed by atoms with van der Waals surface area (Å²) in [7, 11) is 0. The van der Waals surface area contributed by atoms with E-state index in [4.69, 9.17) is 5.11 Å². The second-order valence-corrected chi connectivity index (χ2v) is 5.88. The Morgan fingerprint density at radius 3 is 2.85 bits per heavy atom. The molecule has 2 unspecified atom stereocenters. The minimum absolute atomic E-state index is 0.000579. The Morgan fingerprint density at radius 1 is 1.30 bits per heavy atom. The maximum atomic E-state index is 12.2. The van der Waals surface area contributed by atoms with Crippen LogP contribution in [-0.2, 0) is 4.79 Å². The molecule has 2 fully saturated rings. The summed E-state index contributed by atoms with van der Waals surface area (Å²) >= 11 is 0. The second kappa shape index (κ2) is 6.92. The molecule has 2 saturated heterocycles. The maximum absolute atomic E-state index is 12.2. The quantitative estimate of drug-likeness (QED) is 0.742. The first kappa shape index (κ1) is 15.1. The Bertz CT molecular complexity index is 362.